The van der Waals surface area contributed by atoms with Crippen LogP contribution in [0.15, 0.2) is 41.4 Å². The summed E-state index contributed by atoms with van der Waals surface area (Å²) in [6, 6.07) is 12.9. The number of aryl methyl sites for hydroxylation is 3. The minimum atomic E-state index is -0.0728. The summed E-state index contributed by atoms with van der Waals surface area (Å²) in [6.07, 6.45) is 0.995. The summed E-state index contributed by atoms with van der Waals surface area (Å²) in [4.78, 5) is 4.34. The zero-order valence-electron chi connectivity index (χ0n) is 18.2. The molecule has 0 aliphatic carbocycles. The Balaban J connectivity index is 1.73. The third-order valence-electron chi connectivity index (χ3n) is 4.77. The molecule has 1 unspecified atom stereocenters. The number of guanidine groups is 1. The van der Waals surface area contributed by atoms with E-state index in [-0.39, 0.29) is 11.6 Å². The van der Waals surface area contributed by atoms with Gasteiger partial charge in [-0.25, -0.2) is 0 Å². The van der Waals surface area contributed by atoms with Crippen molar-refractivity contribution in [3.8, 4) is 0 Å². The zero-order chi connectivity index (χ0) is 20.6. The Morgan fingerprint density at radius 2 is 1.89 bits per heavy atom. The molecule has 1 atom stereocenters. The molecule has 1 aromatic carbocycles. The fourth-order valence-corrected chi connectivity index (χ4v) is 3.32. The van der Waals surface area contributed by atoms with Gasteiger partial charge >= 0.3 is 0 Å². The molecule has 2 rings (SSSR count). The molecule has 0 saturated carbocycles. The number of aliphatic imine (C=N–C) groups is 1. The highest BCUT2D eigenvalue weighted by Crippen LogP contribution is 2.15. The van der Waals surface area contributed by atoms with Crippen molar-refractivity contribution in [3.63, 3.8) is 0 Å². The van der Waals surface area contributed by atoms with Crippen LogP contribution in [-0.2, 0) is 6.54 Å². The van der Waals surface area contributed by atoms with E-state index in [0.29, 0.717) is 0 Å². The Hall–Kier alpha value is -2.34. The van der Waals surface area contributed by atoms with Crippen LogP contribution in [0.2, 0.25) is 0 Å². The molecule has 6 nitrogen and oxygen atoms in total. The fraction of sp³-hybridized carbons (Fsp3) is 0.545. The van der Waals surface area contributed by atoms with E-state index in [1.807, 2.05) is 20.0 Å². The van der Waals surface area contributed by atoms with Crippen molar-refractivity contribution in [2.45, 2.75) is 59.2 Å². The fourth-order valence-electron chi connectivity index (χ4n) is 3.32. The summed E-state index contributed by atoms with van der Waals surface area (Å²) in [5.74, 6) is 0.829. The second-order valence-electron chi connectivity index (χ2n) is 8.02. The first kappa shape index (κ1) is 22.0. The number of hydrogen-bond acceptors (Lipinski definition) is 3. The van der Waals surface area contributed by atoms with Crippen LogP contribution in [0.5, 0.6) is 0 Å². The minimum absolute atomic E-state index is 0.0728. The third-order valence-corrected chi connectivity index (χ3v) is 4.77. The van der Waals surface area contributed by atoms with Gasteiger partial charge < -0.3 is 16.0 Å². The molecule has 3 N–H and O–H groups in total. The van der Waals surface area contributed by atoms with Crippen molar-refractivity contribution >= 4 is 5.96 Å². The average Bonchev–Trinajstić information content (AvgIpc) is 2.98. The van der Waals surface area contributed by atoms with E-state index in [9.17, 15) is 0 Å². The van der Waals surface area contributed by atoms with Crippen LogP contribution in [0.3, 0.4) is 0 Å². The van der Waals surface area contributed by atoms with Crippen molar-refractivity contribution in [2.75, 3.05) is 20.1 Å². The molecular formula is C22H36N6. The molecule has 2 aromatic rings. The van der Waals surface area contributed by atoms with Crippen LogP contribution in [-0.4, -0.2) is 41.4 Å². The van der Waals surface area contributed by atoms with E-state index < -0.39 is 0 Å². The van der Waals surface area contributed by atoms with Crippen LogP contribution in [0.1, 0.15) is 50.2 Å². The van der Waals surface area contributed by atoms with Crippen LogP contribution >= 0.6 is 0 Å². The van der Waals surface area contributed by atoms with Crippen molar-refractivity contribution in [3.05, 3.63) is 53.3 Å². The van der Waals surface area contributed by atoms with E-state index in [0.717, 1.165) is 37.7 Å². The first-order chi connectivity index (χ1) is 13.3. The maximum atomic E-state index is 4.50. The lowest BCUT2D eigenvalue weighted by molar-refractivity contribution is 0.344. The standard InChI is InChI=1S/C22H36N6/c1-17-15-18(2)28(27-17)14-10-13-24-21(23-6)25-16-22(4,5)26-19(3)20-11-8-7-9-12-20/h7-9,11-12,15,19,26H,10,13-14,16H2,1-6H3,(H2,23,24,25). The van der Waals surface area contributed by atoms with Crippen LogP contribution in [0.4, 0.5) is 0 Å². The van der Waals surface area contributed by atoms with Gasteiger partial charge in [0.25, 0.3) is 0 Å². The lowest BCUT2D eigenvalue weighted by atomic mass is 10.0. The Bertz CT molecular complexity index is 748. The number of aromatic nitrogens is 2. The minimum Gasteiger partial charge on any atom is -0.356 e. The van der Waals surface area contributed by atoms with Gasteiger partial charge in [0.05, 0.1) is 5.69 Å². The van der Waals surface area contributed by atoms with Crippen LogP contribution in [0, 0.1) is 13.8 Å². The topological polar surface area (TPSA) is 66.3 Å². The predicted molar refractivity (Wildman–Crippen MR) is 118 cm³/mol. The van der Waals surface area contributed by atoms with Gasteiger partial charge in [0.15, 0.2) is 5.96 Å². The molecule has 0 fully saturated rings. The Labute approximate surface area is 169 Å². The third kappa shape index (κ3) is 7.00. The molecule has 0 aliphatic heterocycles. The largest absolute Gasteiger partial charge is 0.356 e. The summed E-state index contributed by atoms with van der Waals surface area (Å²) in [5, 5.41) is 15.0. The molecule has 0 amide bonds. The Kier molecular flexibility index (Phi) is 8.05. The summed E-state index contributed by atoms with van der Waals surface area (Å²) < 4.78 is 2.06. The zero-order valence-corrected chi connectivity index (χ0v) is 18.2. The van der Waals surface area contributed by atoms with Gasteiger partial charge in [-0.2, -0.15) is 5.10 Å². The monoisotopic (exact) mass is 384 g/mol. The number of nitrogens with zero attached hydrogens (tertiary/aromatic N) is 3. The van der Waals surface area contributed by atoms with E-state index >= 15 is 0 Å². The molecule has 0 radical (unpaired) electrons. The van der Waals surface area contributed by atoms with Gasteiger partial charge in [-0.1, -0.05) is 30.3 Å². The van der Waals surface area contributed by atoms with E-state index in [1.54, 1.807) is 0 Å². The van der Waals surface area contributed by atoms with Gasteiger partial charge in [0.2, 0.25) is 0 Å². The summed E-state index contributed by atoms with van der Waals surface area (Å²) >= 11 is 0. The molecular weight excluding hydrogens is 348 g/mol. The first-order valence-electron chi connectivity index (χ1n) is 10.1. The van der Waals surface area contributed by atoms with E-state index in [4.69, 9.17) is 0 Å². The van der Waals surface area contributed by atoms with E-state index in [1.165, 1.54) is 11.3 Å². The molecule has 6 heteroatoms. The normalized spacial score (nSPS) is 13.4. The highest BCUT2D eigenvalue weighted by atomic mass is 15.3. The van der Waals surface area contributed by atoms with Gasteiger partial charge in [0.1, 0.15) is 0 Å². The lowest BCUT2D eigenvalue weighted by Gasteiger charge is -2.31. The number of benzene rings is 1. The quantitative estimate of drug-likeness (QED) is 0.353. The Morgan fingerprint density at radius 1 is 1.18 bits per heavy atom. The first-order valence-corrected chi connectivity index (χ1v) is 10.1. The number of rotatable bonds is 9. The Morgan fingerprint density at radius 3 is 2.50 bits per heavy atom. The molecule has 28 heavy (non-hydrogen) atoms. The van der Waals surface area contributed by atoms with Crippen molar-refractivity contribution in [1.29, 1.82) is 0 Å². The second-order valence-corrected chi connectivity index (χ2v) is 8.02. The second kappa shape index (κ2) is 10.3. The highest BCUT2D eigenvalue weighted by molar-refractivity contribution is 5.79. The maximum absolute atomic E-state index is 4.50. The van der Waals surface area contributed by atoms with Crippen molar-refractivity contribution < 1.29 is 0 Å². The molecule has 0 aliphatic rings. The van der Waals surface area contributed by atoms with Crippen molar-refractivity contribution in [1.82, 2.24) is 25.7 Å². The lowest BCUT2D eigenvalue weighted by Crippen LogP contribution is -2.52. The smallest absolute Gasteiger partial charge is 0.191 e. The SMILES string of the molecule is CN=C(NCCCn1nc(C)cc1C)NCC(C)(C)NC(C)c1ccccc1. The van der Waals surface area contributed by atoms with Gasteiger partial charge in [-0.15, -0.1) is 0 Å². The van der Waals surface area contributed by atoms with Crippen molar-refractivity contribution in [2.24, 2.45) is 4.99 Å². The average molecular weight is 385 g/mol. The van der Waals surface area contributed by atoms with Gasteiger partial charge in [-0.3, -0.25) is 9.67 Å². The molecule has 0 saturated heterocycles. The summed E-state index contributed by atoms with van der Waals surface area (Å²) in [7, 11) is 1.81. The summed E-state index contributed by atoms with van der Waals surface area (Å²) in [5.41, 5.74) is 3.50. The number of hydrogen-bond donors (Lipinski definition) is 3. The van der Waals surface area contributed by atoms with Gasteiger partial charge in [-0.05, 0) is 52.7 Å². The predicted octanol–water partition coefficient (Wildman–Crippen LogP) is 3.18. The van der Waals surface area contributed by atoms with Crippen LogP contribution < -0.4 is 16.0 Å². The molecule has 1 aromatic heterocycles. The van der Waals surface area contributed by atoms with Crippen LogP contribution in [0.25, 0.3) is 0 Å². The molecule has 154 valence electrons. The van der Waals surface area contributed by atoms with E-state index in [2.05, 4.69) is 88.8 Å². The van der Waals surface area contributed by atoms with Gasteiger partial charge in [0, 0.05) is 44.0 Å². The molecule has 0 bridgehead atoms. The summed E-state index contributed by atoms with van der Waals surface area (Å²) in [6.45, 7) is 13.3. The molecule has 0 spiro atoms. The highest BCUT2D eigenvalue weighted by Gasteiger charge is 2.21. The molecule has 1 heterocycles. The number of nitrogens with one attached hydrogen (secondary N) is 3. The maximum Gasteiger partial charge on any atom is 0.191 e.